The topological polar surface area (TPSA) is 113 Å². The first-order valence-electron chi connectivity index (χ1n) is 9.72. The van der Waals surface area contributed by atoms with Crippen LogP contribution in [0.5, 0.6) is 0 Å². The third-order valence-corrected chi connectivity index (χ3v) is 5.61. The number of pyridine rings is 1. The molecule has 2 aliphatic rings. The van der Waals surface area contributed by atoms with Gasteiger partial charge in [-0.25, -0.2) is 4.98 Å². The van der Waals surface area contributed by atoms with Crippen LogP contribution < -0.4 is 24.6 Å². The summed E-state index contributed by atoms with van der Waals surface area (Å²) in [5.41, 5.74) is 0.105. The van der Waals surface area contributed by atoms with E-state index in [9.17, 15) is 10.1 Å². The number of aromatic amines is 1. The lowest BCUT2D eigenvalue weighted by Gasteiger charge is -2.31. The van der Waals surface area contributed by atoms with Gasteiger partial charge in [-0.1, -0.05) is 0 Å². The monoisotopic (exact) mass is 383 g/mol. The van der Waals surface area contributed by atoms with Gasteiger partial charge >= 0.3 is 11.5 Å². The zero-order valence-corrected chi connectivity index (χ0v) is 15.7. The van der Waals surface area contributed by atoms with E-state index in [0.717, 1.165) is 71.3 Å². The van der Waals surface area contributed by atoms with E-state index in [1.165, 1.54) is 9.80 Å². The minimum absolute atomic E-state index is 0.105. The Hall–Kier alpha value is -2.01. The molecule has 10 heteroatoms. The second kappa shape index (κ2) is 9.27. The molecule has 3 rings (SSSR count). The van der Waals surface area contributed by atoms with Crippen LogP contribution in [0.15, 0.2) is 12.1 Å². The van der Waals surface area contributed by atoms with Crippen molar-refractivity contribution >= 4 is 17.3 Å². The van der Waals surface area contributed by atoms with E-state index in [0.29, 0.717) is 5.82 Å². The number of nitro groups is 1. The Morgan fingerprint density at radius 2 is 1.48 bits per heavy atom. The van der Waals surface area contributed by atoms with Gasteiger partial charge in [0.25, 0.3) is 0 Å². The molecule has 1 aromatic rings. The van der Waals surface area contributed by atoms with Gasteiger partial charge in [-0.15, -0.1) is 0 Å². The molecule has 1 aromatic heterocycles. The standard InChI is InChI=1S/C17H28N6O4/c24-13-11-19-3-7-21(8-4-19)16-2-1-15(23(26)27)17(18-16)22-9-5-20(6-10-22)12-14-25/h1-2,24-25H,3-14H2/p+3. The SMILES string of the molecule is O=[N+]([O-])c1ccc(N2CC[NH+](CCO)CC2)[nH+]c1N1CC[NH+](CCO)CC1. The zero-order chi connectivity index (χ0) is 19.2. The molecule has 10 nitrogen and oxygen atoms in total. The number of hydrogen-bond donors (Lipinski definition) is 4. The molecule has 2 saturated heterocycles. The van der Waals surface area contributed by atoms with Crippen molar-refractivity contribution < 1.29 is 29.9 Å². The first-order valence-corrected chi connectivity index (χ1v) is 9.72. The Bertz CT molecular complexity index is 630. The Kier molecular flexibility index (Phi) is 6.78. The van der Waals surface area contributed by atoms with Gasteiger partial charge in [0.1, 0.15) is 65.4 Å². The van der Waals surface area contributed by atoms with Gasteiger partial charge in [0, 0.05) is 12.1 Å². The molecule has 0 spiro atoms. The van der Waals surface area contributed by atoms with Crippen molar-refractivity contribution in [3.05, 3.63) is 22.2 Å². The molecule has 27 heavy (non-hydrogen) atoms. The number of nitrogens with one attached hydrogen (secondary N) is 3. The first-order chi connectivity index (χ1) is 13.1. The summed E-state index contributed by atoms with van der Waals surface area (Å²) in [5, 5.41) is 29.7. The summed E-state index contributed by atoms with van der Waals surface area (Å²) in [4.78, 5) is 21.5. The molecule has 2 aliphatic heterocycles. The predicted octanol–water partition coefficient (Wildman–Crippen LogP) is -4.20. The lowest BCUT2D eigenvalue weighted by molar-refractivity contribution is -0.901. The quantitative estimate of drug-likeness (QED) is 0.281. The van der Waals surface area contributed by atoms with Crippen molar-refractivity contribution in [3.63, 3.8) is 0 Å². The van der Waals surface area contributed by atoms with Crippen molar-refractivity contribution in [2.45, 2.75) is 0 Å². The van der Waals surface area contributed by atoms with Crippen LogP contribution in [0.1, 0.15) is 0 Å². The van der Waals surface area contributed by atoms with E-state index >= 15 is 0 Å². The number of aliphatic hydroxyl groups is 2. The number of H-pyrrole nitrogens is 1. The van der Waals surface area contributed by atoms with Crippen molar-refractivity contribution in [3.8, 4) is 0 Å². The summed E-state index contributed by atoms with van der Waals surface area (Å²) >= 11 is 0. The van der Waals surface area contributed by atoms with E-state index in [2.05, 4.69) is 14.8 Å². The number of aliphatic hydroxyl groups excluding tert-OH is 2. The molecule has 0 amide bonds. The minimum atomic E-state index is -0.327. The van der Waals surface area contributed by atoms with Gasteiger partial charge < -0.3 is 20.0 Å². The maximum atomic E-state index is 11.5. The maximum absolute atomic E-state index is 11.5. The van der Waals surface area contributed by atoms with E-state index in [1.807, 2.05) is 0 Å². The Morgan fingerprint density at radius 3 is 1.96 bits per heavy atom. The van der Waals surface area contributed by atoms with Gasteiger partial charge in [-0.3, -0.25) is 19.9 Å². The molecular weight excluding hydrogens is 352 g/mol. The summed E-state index contributed by atoms with van der Waals surface area (Å²) < 4.78 is 0. The largest absolute Gasteiger partial charge is 0.391 e. The lowest BCUT2D eigenvalue weighted by atomic mass is 10.2. The number of aromatic nitrogens is 1. The van der Waals surface area contributed by atoms with Crippen LogP contribution in [0.3, 0.4) is 0 Å². The highest BCUT2D eigenvalue weighted by molar-refractivity contribution is 5.56. The smallest absolute Gasteiger partial charge is 0.341 e. The van der Waals surface area contributed by atoms with Gasteiger partial charge in [0.15, 0.2) is 0 Å². The molecule has 0 atom stereocenters. The van der Waals surface area contributed by atoms with Crippen molar-refractivity contribution in [2.75, 3.05) is 88.5 Å². The van der Waals surface area contributed by atoms with E-state index in [1.54, 1.807) is 12.1 Å². The molecular formula is C17H31N6O4+3. The summed E-state index contributed by atoms with van der Waals surface area (Å²) in [6.07, 6.45) is 0. The molecule has 0 bridgehead atoms. The average molecular weight is 383 g/mol. The summed E-state index contributed by atoms with van der Waals surface area (Å²) in [5.74, 6) is 1.48. The number of anilines is 2. The molecule has 5 N–H and O–H groups in total. The van der Waals surface area contributed by atoms with Crippen molar-refractivity contribution in [1.29, 1.82) is 0 Å². The van der Waals surface area contributed by atoms with Crippen molar-refractivity contribution in [1.82, 2.24) is 0 Å². The van der Waals surface area contributed by atoms with Crippen LogP contribution in [0, 0.1) is 10.1 Å². The van der Waals surface area contributed by atoms with Crippen LogP contribution in [-0.2, 0) is 0 Å². The third kappa shape index (κ3) is 4.83. The molecule has 0 unspecified atom stereocenters. The highest BCUT2D eigenvalue weighted by atomic mass is 16.6. The normalized spacial score (nSPS) is 19.5. The molecule has 2 fully saturated rings. The maximum Gasteiger partial charge on any atom is 0.341 e. The number of nitrogens with zero attached hydrogens (tertiary/aromatic N) is 3. The molecule has 0 radical (unpaired) electrons. The Balaban J connectivity index is 1.73. The summed E-state index contributed by atoms with van der Waals surface area (Å²) in [6, 6.07) is 3.40. The number of quaternary nitrogens is 2. The Labute approximate surface area is 158 Å². The number of piperazine rings is 2. The second-order valence-electron chi connectivity index (χ2n) is 7.26. The molecule has 150 valence electrons. The molecule has 0 aliphatic carbocycles. The van der Waals surface area contributed by atoms with E-state index in [-0.39, 0.29) is 23.8 Å². The van der Waals surface area contributed by atoms with Crippen molar-refractivity contribution in [2.24, 2.45) is 0 Å². The van der Waals surface area contributed by atoms with Gasteiger partial charge in [0.2, 0.25) is 5.82 Å². The average Bonchev–Trinajstić information content (AvgIpc) is 2.69. The van der Waals surface area contributed by atoms with Gasteiger partial charge in [-0.05, 0) is 0 Å². The number of rotatable bonds is 7. The fourth-order valence-electron chi connectivity index (χ4n) is 3.96. The highest BCUT2D eigenvalue weighted by Gasteiger charge is 2.33. The number of hydrogen-bond acceptors (Lipinski definition) is 6. The van der Waals surface area contributed by atoms with Crippen LogP contribution >= 0.6 is 0 Å². The summed E-state index contributed by atoms with van der Waals surface area (Å²) in [6.45, 7) is 8.65. The predicted molar refractivity (Wildman–Crippen MR) is 99.4 cm³/mol. The second-order valence-corrected chi connectivity index (χ2v) is 7.26. The van der Waals surface area contributed by atoms with Gasteiger partial charge in [0.05, 0.1) is 18.1 Å². The van der Waals surface area contributed by atoms with Gasteiger partial charge in [-0.2, -0.15) is 0 Å². The Morgan fingerprint density at radius 1 is 0.963 bits per heavy atom. The zero-order valence-electron chi connectivity index (χ0n) is 15.7. The van der Waals surface area contributed by atoms with Crippen LogP contribution in [0.4, 0.5) is 17.3 Å². The van der Waals surface area contributed by atoms with Crippen LogP contribution in [0.2, 0.25) is 0 Å². The molecule has 0 aromatic carbocycles. The van der Waals surface area contributed by atoms with E-state index < -0.39 is 0 Å². The van der Waals surface area contributed by atoms with Crippen LogP contribution in [0.25, 0.3) is 0 Å². The van der Waals surface area contributed by atoms with E-state index in [4.69, 9.17) is 10.2 Å². The van der Waals surface area contributed by atoms with Crippen LogP contribution in [-0.4, -0.2) is 93.8 Å². The summed E-state index contributed by atoms with van der Waals surface area (Å²) in [7, 11) is 0. The lowest BCUT2D eigenvalue weighted by Crippen LogP contribution is -3.15. The third-order valence-electron chi connectivity index (χ3n) is 5.61. The molecule has 3 heterocycles. The fraction of sp³-hybridized carbons (Fsp3) is 0.706. The fourth-order valence-corrected chi connectivity index (χ4v) is 3.96. The molecule has 0 saturated carbocycles. The highest BCUT2D eigenvalue weighted by Crippen LogP contribution is 2.25. The minimum Gasteiger partial charge on any atom is -0.391 e. The first kappa shape index (κ1) is 19.7.